The second-order valence-corrected chi connectivity index (χ2v) is 4.71. The van der Waals surface area contributed by atoms with E-state index in [0.29, 0.717) is 17.9 Å². The van der Waals surface area contributed by atoms with Crippen LogP contribution >= 0.6 is 0 Å². The first-order valence-electron chi connectivity index (χ1n) is 6.49. The number of aromatic carboxylic acids is 1. The number of benzene rings is 2. The first kappa shape index (κ1) is 13.9. The maximum atomic E-state index is 11.2. The van der Waals surface area contributed by atoms with Crippen molar-refractivity contribution < 1.29 is 9.90 Å². The normalized spacial score (nSPS) is 10.2. The van der Waals surface area contributed by atoms with Gasteiger partial charge in [0, 0.05) is 17.9 Å². The summed E-state index contributed by atoms with van der Waals surface area (Å²) in [7, 11) is 0. The zero-order chi connectivity index (χ0) is 14.5. The Morgan fingerprint density at radius 1 is 1.25 bits per heavy atom. The minimum atomic E-state index is -0.976. The molecule has 0 aliphatic carbocycles. The monoisotopic (exact) mass is 270 g/mol. The first-order chi connectivity index (χ1) is 9.58. The van der Waals surface area contributed by atoms with Gasteiger partial charge in [-0.2, -0.15) is 0 Å². The van der Waals surface area contributed by atoms with Gasteiger partial charge in [0.1, 0.15) is 0 Å². The predicted molar refractivity (Wildman–Crippen MR) is 81.2 cm³/mol. The van der Waals surface area contributed by atoms with Crippen LogP contribution in [0.25, 0.3) is 0 Å². The Kier molecular flexibility index (Phi) is 4.25. The molecule has 2 aromatic carbocycles. The highest BCUT2D eigenvalue weighted by Crippen LogP contribution is 2.19. The molecular weight excluding hydrogens is 252 g/mol. The van der Waals surface area contributed by atoms with Crippen LogP contribution < -0.4 is 11.1 Å². The van der Waals surface area contributed by atoms with Crippen LogP contribution in [-0.4, -0.2) is 17.6 Å². The molecule has 0 saturated carbocycles. The van der Waals surface area contributed by atoms with Gasteiger partial charge < -0.3 is 16.2 Å². The summed E-state index contributed by atoms with van der Waals surface area (Å²) in [5.74, 6) is -0.976. The van der Waals surface area contributed by atoms with Gasteiger partial charge in [0.15, 0.2) is 0 Å². The minimum Gasteiger partial charge on any atom is -0.478 e. The van der Waals surface area contributed by atoms with Crippen molar-refractivity contribution in [3.05, 3.63) is 59.2 Å². The van der Waals surface area contributed by atoms with Gasteiger partial charge in [-0.1, -0.05) is 24.3 Å². The second kappa shape index (κ2) is 6.10. The third kappa shape index (κ3) is 3.29. The fraction of sp³-hybridized carbons (Fsp3) is 0.188. The number of anilines is 2. The lowest BCUT2D eigenvalue weighted by molar-refractivity contribution is 0.0698. The molecule has 2 aromatic rings. The standard InChI is InChI=1S/C16H18N2O2/c1-11-4-2-3-5-12(11)8-9-18-15-7-6-13(17)10-14(15)16(19)20/h2-7,10,18H,8-9,17H2,1H3,(H,19,20). The van der Waals surface area contributed by atoms with E-state index in [4.69, 9.17) is 10.8 Å². The van der Waals surface area contributed by atoms with Crippen molar-refractivity contribution in [1.29, 1.82) is 0 Å². The van der Waals surface area contributed by atoms with Crippen LogP contribution in [0.5, 0.6) is 0 Å². The van der Waals surface area contributed by atoms with E-state index in [1.807, 2.05) is 12.1 Å². The molecule has 0 aliphatic heterocycles. The van der Waals surface area contributed by atoms with Gasteiger partial charge in [-0.3, -0.25) is 0 Å². The van der Waals surface area contributed by atoms with E-state index >= 15 is 0 Å². The minimum absolute atomic E-state index is 0.204. The lowest BCUT2D eigenvalue weighted by atomic mass is 10.1. The van der Waals surface area contributed by atoms with E-state index in [2.05, 4.69) is 24.4 Å². The maximum Gasteiger partial charge on any atom is 0.337 e. The van der Waals surface area contributed by atoms with E-state index in [1.165, 1.54) is 17.2 Å². The van der Waals surface area contributed by atoms with Crippen molar-refractivity contribution in [3.8, 4) is 0 Å². The topological polar surface area (TPSA) is 75.3 Å². The van der Waals surface area contributed by atoms with Gasteiger partial charge in [-0.15, -0.1) is 0 Å². The molecule has 0 unspecified atom stereocenters. The summed E-state index contributed by atoms with van der Waals surface area (Å²) in [5, 5.41) is 12.3. The summed E-state index contributed by atoms with van der Waals surface area (Å²) in [6.07, 6.45) is 0.843. The fourth-order valence-corrected chi connectivity index (χ4v) is 2.12. The first-order valence-corrected chi connectivity index (χ1v) is 6.49. The zero-order valence-corrected chi connectivity index (χ0v) is 11.4. The van der Waals surface area contributed by atoms with Crippen molar-refractivity contribution in [1.82, 2.24) is 0 Å². The average Bonchev–Trinajstić information content (AvgIpc) is 2.42. The molecule has 0 aromatic heterocycles. The quantitative estimate of drug-likeness (QED) is 0.730. The summed E-state index contributed by atoms with van der Waals surface area (Å²) >= 11 is 0. The number of aryl methyl sites for hydroxylation is 1. The van der Waals surface area contributed by atoms with Gasteiger partial charge in [-0.05, 0) is 42.7 Å². The molecule has 0 atom stereocenters. The summed E-state index contributed by atoms with van der Waals surface area (Å²) in [5.41, 5.74) is 9.36. The highest BCUT2D eigenvalue weighted by atomic mass is 16.4. The van der Waals surface area contributed by atoms with Crippen molar-refractivity contribution >= 4 is 17.3 Å². The Labute approximate surface area is 118 Å². The number of nitrogens with one attached hydrogen (secondary N) is 1. The van der Waals surface area contributed by atoms with E-state index < -0.39 is 5.97 Å². The molecule has 0 spiro atoms. The third-order valence-electron chi connectivity index (χ3n) is 3.25. The molecule has 104 valence electrons. The van der Waals surface area contributed by atoms with Crippen molar-refractivity contribution in [2.75, 3.05) is 17.6 Å². The summed E-state index contributed by atoms with van der Waals surface area (Å²) < 4.78 is 0. The number of carbonyl (C=O) groups is 1. The Morgan fingerprint density at radius 2 is 2.00 bits per heavy atom. The highest BCUT2D eigenvalue weighted by Gasteiger charge is 2.10. The van der Waals surface area contributed by atoms with Gasteiger partial charge in [0.05, 0.1) is 5.56 Å². The van der Waals surface area contributed by atoms with Gasteiger partial charge in [0.2, 0.25) is 0 Å². The number of hydrogen-bond donors (Lipinski definition) is 3. The molecule has 0 bridgehead atoms. The Balaban J connectivity index is 2.05. The smallest absolute Gasteiger partial charge is 0.337 e. The molecule has 0 fully saturated rings. The number of carboxylic acids is 1. The largest absolute Gasteiger partial charge is 0.478 e. The molecule has 0 heterocycles. The van der Waals surface area contributed by atoms with Gasteiger partial charge >= 0.3 is 5.97 Å². The van der Waals surface area contributed by atoms with Crippen LogP contribution in [0, 0.1) is 6.92 Å². The van der Waals surface area contributed by atoms with Crippen molar-refractivity contribution in [3.63, 3.8) is 0 Å². The van der Waals surface area contributed by atoms with E-state index in [-0.39, 0.29) is 5.56 Å². The van der Waals surface area contributed by atoms with E-state index in [1.54, 1.807) is 12.1 Å². The molecule has 0 aliphatic rings. The van der Waals surface area contributed by atoms with Crippen LogP contribution in [0.2, 0.25) is 0 Å². The highest BCUT2D eigenvalue weighted by molar-refractivity contribution is 5.95. The van der Waals surface area contributed by atoms with E-state index in [0.717, 1.165) is 6.42 Å². The maximum absolute atomic E-state index is 11.2. The zero-order valence-electron chi connectivity index (χ0n) is 11.4. The number of rotatable bonds is 5. The number of nitrogens with two attached hydrogens (primary N) is 1. The molecule has 20 heavy (non-hydrogen) atoms. The second-order valence-electron chi connectivity index (χ2n) is 4.71. The van der Waals surface area contributed by atoms with Crippen molar-refractivity contribution in [2.24, 2.45) is 0 Å². The van der Waals surface area contributed by atoms with E-state index in [9.17, 15) is 4.79 Å². The molecule has 4 heteroatoms. The number of nitrogen functional groups attached to an aromatic ring is 1. The Hall–Kier alpha value is -2.49. The number of carboxylic acid groups (broad SMARTS) is 1. The molecular formula is C16H18N2O2. The lowest BCUT2D eigenvalue weighted by Gasteiger charge is -2.11. The van der Waals surface area contributed by atoms with Crippen LogP contribution in [0.15, 0.2) is 42.5 Å². The van der Waals surface area contributed by atoms with Crippen LogP contribution in [0.1, 0.15) is 21.5 Å². The summed E-state index contributed by atoms with van der Waals surface area (Å²) in [4.78, 5) is 11.2. The average molecular weight is 270 g/mol. The van der Waals surface area contributed by atoms with Gasteiger partial charge in [-0.25, -0.2) is 4.79 Å². The molecule has 0 radical (unpaired) electrons. The Morgan fingerprint density at radius 3 is 2.70 bits per heavy atom. The number of hydrogen-bond acceptors (Lipinski definition) is 3. The predicted octanol–water partition coefficient (Wildman–Crippen LogP) is 2.93. The molecule has 4 N–H and O–H groups in total. The van der Waals surface area contributed by atoms with Crippen molar-refractivity contribution in [2.45, 2.75) is 13.3 Å². The van der Waals surface area contributed by atoms with Crippen LogP contribution in [0.3, 0.4) is 0 Å². The SMILES string of the molecule is Cc1ccccc1CCNc1ccc(N)cc1C(=O)O. The third-order valence-corrected chi connectivity index (χ3v) is 3.25. The fourth-order valence-electron chi connectivity index (χ4n) is 2.12. The van der Waals surface area contributed by atoms with Gasteiger partial charge in [0.25, 0.3) is 0 Å². The molecule has 2 rings (SSSR count). The Bertz CT molecular complexity index is 624. The van der Waals surface area contributed by atoms with Crippen LogP contribution in [-0.2, 0) is 6.42 Å². The van der Waals surface area contributed by atoms with Crippen LogP contribution in [0.4, 0.5) is 11.4 Å². The summed E-state index contributed by atoms with van der Waals surface area (Å²) in [6.45, 7) is 2.75. The molecule has 4 nitrogen and oxygen atoms in total. The molecule has 0 amide bonds. The molecule has 0 saturated heterocycles. The summed E-state index contributed by atoms with van der Waals surface area (Å²) in [6, 6.07) is 13.0. The lowest BCUT2D eigenvalue weighted by Crippen LogP contribution is -2.10.